The summed E-state index contributed by atoms with van der Waals surface area (Å²) in [6.45, 7) is 4.41. The van der Waals surface area contributed by atoms with Gasteiger partial charge < -0.3 is 30.0 Å². The van der Waals surface area contributed by atoms with Crippen LogP contribution in [0.15, 0.2) is 71.5 Å². The first kappa shape index (κ1) is 32.8. The number of urea groups is 1. The number of hydrogen-bond acceptors (Lipinski definition) is 8. The highest BCUT2D eigenvalue weighted by Gasteiger charge is 2.33. The first-order chi connectivity index (χ1) is 23.3. The van der Waals surface area contributed by atoms with Crippen LogP contribution < -0.4 is 35.6 Å². The number of aromatic nitrogens is 2. The third-order valence-corrected chi connectivity index (χ3v) is 8.98. The average molecular weight is 658 g/mol. The van der Waals surface area contributed by atoms with Crippen LogP contribution in [0.3, 0.4) is 0 Å². The number of rotatable bonds is 9. The maximum absolute atomic E-state index is 14.3. The molecule has 1 unspecified atom stereocenters. The minimum atomic E-state index is -0.821. The smallest absolute Gasteiger partial charge is 0.327 e. The Balaban J connectivity index is 1.39. The lowest BCUT2D eigenvalue weighted by molar-refractivity contribution is -0.132. The van der Waals surface area contributed by atoms with Gasteiger partial charge in [0.1, 0.15) is 17.3 Å². The fraction of sp³-hybridized carbons (Fsp3) is 0.371. The van der Waals surface area contributed by atoms with Crippen molar-refractivity contribution in [2.24, 2.45) is 0 Å². The lowest BCUT2D eigenvalue weighted by Crippen LogP contribution is -2.57. The van der Waals surface area contributed by atoms with E-state index < -0.39 is 17.9 Å². The SMILES string of the molecule is COc1ccc(N(C(=O)Nc2ccc(F)cc2)C(C)c2nc3ccccc3c(=O)n2N2CCN(C(=O)C[C@@H]3CCCN3)CC2)c(OC)c1. The van der Waals surface area contributed by atoms with E-state index in [1.54, 1.807) is 48.0 Å². The molecule has 0 spiro atoms. The number of fused-ring (bicyclic) bond motifs is 1. The summed E-state index contributed by atoms with van der Waals surface area (Å²) in [6.07, 6.45) is 2.53. The van der Waals surface area contributed by atoms with Crippen molar-refractivity contribution < 1.29 is 23.5 Å². The normalized spacial score (nSPS) is 16.9. The molecule has 0 bridgehead atoms. The van der Waals surface area contributed by atoms with E-state index >= 15 is 0 Å². The Morgan fingerprint density at radius 2 is 1.79 bits per heavy atom. The molecule has 3 heterocycles. The first-order valence-corrected chi connectivity index (χ1v) is 16.1. The minimum absolute atomic E-state index is 0.0989. The number of carbonyl (C=O) groups excluding carboxylic acids is 2. The molecule has 3 aromatic carbocycles. The third-order valence-electron chi connectivity index (χ3n) is 8.98. The van der Waals surface area contributed by atoms with Gasteiger partial charge in [-0.2, -0.15) is 0 Å². The highest BCUT2D eigenvalue weighted by atomic mass is 19.1. The van der Waals surface area contributed by atoms with Crippen LogP contribution in [0.2, 0.25) is 0 Å². The van der Waals surface area contributed by atoms with Crippen molar-refractivity contribution in [3.63, 3.8) is 0 Å². The van der Waals surface area contributed by atoms with Gasteiger partial charge in [0.05, 0.1) is 49.9 Å². The van der Waals surface area contributed by atoms with Crippen molar-refractivity contribution in [2.45, 2.75) is 38.3 Å². The molecule has 2 fully saturated rings. The van der Waals surface area contributed by atoms with Gasteiger partial charge in [0, 0.05) is 37.3 Å². The lowest BCUT2D eigenvalue weighted by Gasteiger charge is -2.39. The number of nitrogens with zero attached hydrogens (tertiary/aromatic N) is 5. The van der Waals surface area contributed by atoms with Crippen LogP contribution in [0.4, 0.5) is 20.6 Å². The van der Waals surface area contributed by atoms with Crippen LogP contribution in [-0.2, 0) is 4.79 Å². The zero-order chi connectivity index (χ0) is 33.8. The number of ether oxygens (including phenoxy) is 2. The summed E-state index contributed by atoms with van der Waals surface area (Å²) in [4.78, 5) is 49.8. The summed E-state index contributed by atoms with van der Waals surface area (Å²) in [7, 11) is 3.03. The molecule has 2 N–H and O–H groups in total. The van der Waals surface area contributed by atoms with Crippen LogP contribution in [0, 0.1) is 5.82 Å². The molecule has 2 saturated heterocycles. The molecule has 2 aliphatic heterocycles. The van der Waals surface area contributed by atoms with Crippen LogP contribution in [0.1, 0.15) is 38.1 Å². The fourth-order valence-corrected chi connectivity index (χ4v) is 6.41. The summed E-state index contributed by atoms with van der Waals surface area (Å²) in [6, 6.07) is 16.5. The molecule has 4 aromatic rings. The molecule has 2 aliphatic rings. The van der Waals surface area contributed by atoms with Crippen molar-refractivity contribution in [1.29, 1.82) is 0 Å². The molecule has 252 valence electrons. The summed E-state index contributed by atoms with van der Waals surface area (Å²) >= 11 is 0. The molecule has 1 aromatic heterocycles. The van der Waals surface area contributed by atoms with E-state index in [1.165, 1.54) is 43.4 Å². The number of anilines is 2. The number of para-hydroxylation sites is 1. The topological polar surface area (TPSA) is 121 Å². The van der Waals surface area contributed by atoms with Crippen LogP contribution in [-0.4, -0.2) is 79.5 Å². The minimum Gasteiger partial charge on any atom is -0.497 e. The molecule has 0 aliphatic carbocycles. The van der Waals surface area contributed by atoms with Crippen LogP contribution in [0.25, 0.3) is 10.9 Å². The molecule has 2 atom stereocenters. The standard InChI is InChI=1S/C35H40FN7O5/c1-23(42(30-15-14-27(47-2)22-31(30)48-3)35(46)38-25-12-10-24(36)11-13-25)33-39-29-9-5-4-8-28(29)34(45)43(33)41-19-17-40(18-20-41)32(44)21-26-7-6-16-37-26/h4-5,8-15,22-23,26,37H,6-7,16-21H2,1-3H3,(H,38,46)/t23?,26-/m0/s1. The number of benzene rings is 3. The van der Waals surface area contributed by atoms with Crippen molar-refractivity contribution in [1.82, 2.24) is 19.9 Å². The van der Waals surface area contributed by atoms with Gasteiger partial charge in [-0.3, -0.25) is 14.5 Å². The number of nitrogens with one attached hydrogen (secondary N) is 2. The Labute approximate surface area is 278 Å². The molecule has 3 amide bonds. The summed E-state index contributed by atoms with van der Waals surface area (Å²) in [5, 5.41) is 8.57. The van der Waals surface area contributed by atoms with Crippen molar-refractivity contribution in [2.75, 3.05) is 62.2 Å². The fourth-order valence-electron chi connectivity index (χ4n) is 6.41. The van der Waals surface area contributed by atoms with E-state index in [1.807, 2.05) is 16.0 Å². The zero-order valence-corrected chi connectivity index (χ0v) is 27.3. The van der Waals surface area contributed by atoms with E-state index in [-0.39, 0.29) is 17.5 Å². The van der Waals surface area contributed by atoms with Crippen molar-refractivity contribution >= 4 is 34.2 Å². The van der Waals surface area contributed by atoms with Gasteiger partial charge in [0.25, 0.3) is 5.56 Å². The van der Waals surface area contributed by atoms with Crippen LogP contribution >= 0.6 is 0 Å². The number of halogens is 1. The number of carbonyl (C=O) groups is 2. The molecular weight excluding hydrogens is 617 g/mol. The molecule has 0 radical (unpaired) electrons. The van der Waals surface area contributed by atoms with E-state index in [0.29, 0.717) is 72.2 Å². The molecule has 6 rings (SSSR count). The maximum atomic E-state index is 14.3. The number of piperazine rings is 1. The van der Waals surface area contributed by atoms with Gasteiger partial charge in [0.15, 0.2) is 5.82 Å². The summed E-state index contributed by atoms with van der Waals surface area (Å²) in [5.41, 5.74) is 0.982. The van der Waals surface area contributed by atoms with Gasteiger partial charge in [-0.05, 0) is 74.8 Å². The monoisotopic (exact) mass is 657 g/mol. The van der Waals surface area contributed by atoms with Gasteiger partial charge in [-0.25, -0.2) is 18.8 Å². The Hall–Kier alpha value is -5.17. The summed E-state index contributed by atoms with van der Waals surface area (Å²) < 4.78 is 26.3. The molecule has 48 heavy (non-hydrogen) atoms. The van der Waals surface area contributed by atoms with E-state index in [0.717, 1.165) is 19.4 Å². The number of hydrogen-bond donors (Lipinski definition) is 2. The van der Waals surface area contributed by atoms with Gasteiger partial charge in [-0.1, -0.05) is 12.1 Å². The van der Waals surface area contributed by atoms with E-state index in [2.05, 4.69) is 10.6 Å². The Morgan fingerprint density at radius 3 is 2.48 bits per heavy atom. The number of amides is 3. The maximum Gasteiger partial charge on any atom is 0.327 e. The highest BCUT2D eigenvalue weighted by molar-refractivity contribution is 6.03. The number of methoxy groups -OCH3 is 2. The van der Waals surface area contributed by atoms with Gasteiger partial charge in [-0.15, -0.1) is 0 Å². The molecule has 0 saturated carbocycles. The molecule has 12 nitrogen and oxygen atoms in total. The second-order valence-corrected chi connectivity index (χ2v) is 12.0. The van der Waals surface area contributed by atoms with E-state index in [4.69, 9.17) is 14.5 Å². The third kappa shape index (κ3) is 6.77. The largest absolute Gasteiger partial charge is 0.497 e. The van der Waals surface area contributed by atoms with Crippen molar-refractivity contribution in [3.8, 4) is 11.5 Å². The highest BCUT2D eigenvalue weighted by Crippen LogP contribution is 2.37. The molecular formula is C35H40FN7O5. The Kier molecular flexibility index (Phi) is 9.76. The second kappa shape index (κ2) is 14.3. The van der Waals surface area contributed by atoms with E-state index in [9.17, 15) is 18.8 Å². The predicted molar refractivity (Wildman–Crippen MR) is 182 cm³/mol. The van der Waals surface area contributed by atoms with Crippen LogP contribution in [0.5, 0.6) is 11.5 Å². The van der Waals surface area contributed by atoms with Crippen molar-refractivity contribution in [3.05, 3.63) is 88.7 Å². The Morgan fingerprint density at radius 1 is 1.04 bits per heavy atom. The summed E-state index contributed by atoms with van der Waals surface area (Å²) in [5.74, 6) is 0.868. The molecule has 13 heteroatoms. The van der Waals surface area contributed by atoms with Gasteiger partial charge >= 0.3 is 6.03 Å². The zero-order valence-electron chi connectivity index (χ0n) is 27.3. The predicted octanol–water partition coefficient (Wildman–Crippen LogP) is 4.27. The lowest BCUT2D eigenvalue weighted by atomic mass is 10.1. The quantitative estimate of drug-likeness (QED) is 0.274. The first-order valence-electron chi connectivity index (χ1n) is 16.1. The van der Waals surface area contributed by atoms with Gasteiger partial charge in [0.2, 0.25) is 5.91 Å². The average Bonchev–Trinajstić information content (AvgIpc) is 3.62. The second-order valence-electron chi connectivity index (χ2n) is 12.0. The Bertz CT molecular complexity index is 1840.